The Morgan fingerprint density at radius 3 is 1.67 bits per heavy atom. The molecule has 0 bridgehead atoms. The third kappa shape index (κ3) is 3.13. The smallest absolute Gasteiger partial charge is 0.302 e. The zero-order valence-corrected chi connectivity index (χ0v) is 13.6. The van der Waals surface area contributed by atoms with E-state index in [9.17, 15) is 44.4 Å². The minimum Gasteiger partial charge on any atom is -0.463 e. The monoisotopic (exact) mass is 348 g/mol. The van der Waals surface area contributed by atoms with E-state index in [0.717, 1.165) is 6.92 Å². The van der Waals surface area contributed by atoms with Crippen molar-refractivity contribution in [1.29, 1.82) is 0 Å². The molecule has 0 aromatic heterocycles. The number of ketones is 3. The normalized spacial score (nSPS) is 19.8. The summed E-state index contributed by atoms with van der Waals surface area (Å²) in [5.74, 6) is -5.40. The summed E-state index contributed by atoms with van der Waals surface area (Å²) < 4.78 is 4.40. The molecule has 0 saturated heterocycles. The molecule has 0 fully saturated rings. The second kappa shape index (κ2) is 7.26. The van der Waals surface area contributed by atoms with Crippen molar-refractivity contribution in [3.05, 3.63) is 0 Å². The van der Waals surface area contributed by atoms with Crippen LogP contribution in [0.2, 0.25) is 0 Å². The summed E-state index contributed by atoms with van der Waals surface area (Å²) in [6.45, 7) is 1.73. The molecule has 4 atom stereocenters. The van der Waals surface area contributed by atoms with Gasteiger partial charge >= 0.3 is 5.97 Å². The molecule has 0 aliphatic heterocycles. The fourth-order valence-electron chi connectivity index (χ4n) is 2.30. The Labute approximate surface area is 137 Å². The first-order chi connectivity index (χ1) is 10.7. The molecule has 0 spiro atoms. The van der Waals surface area contributed by atoms with Crippen LogP contribution in [-0.2, 0) is 28.7 Å². The Bertz CT molecular complexity index is 570. The van der Waals surface area contributed by atoms with Gasteiger partial charge in [0.1, 0.15) is 12.7 Å². The second-order valence-electron chi connectivity index (χ2n) is 5.35. The number of carbonyl (C=O) groups is 5. The van der Waals surface area contributed by atoms with Crippen molar-refractivity contribution in [3.63, 3.8) is 0 Å². The molecule has 0 aromatic carbocycles. The number of aliphatic hydroxyl groups excluding tert-OH is 1. The lowest BCUT2D eigenvalue weighted by Crippen LogP contribution is -2.80. The van der Waals surface area contributed by atoms with Gasteiger partial charge in [-0.1, -0.05) is 0 Å². The number of carbonyl (C=O) groups excluding carboxylic acids is 5. The Balaban J connectivity index is 6.54. The second-order valence-corrected chi connectivity index (χ2v) is 5.35. The summed E-state index contributed by atoms with van der Waals surface area (Å²) in [5, 5.41) is 41.3. The van der Waals surface area contributed by atoms with Crippen molar-refractivity contribution in [3.8, 4) is 0 Å². The fourth-order valence-corrected chi connectivity index (χ4v) is 2.30. The molecule has 0 aliphatic carbocycles. The highest BCUT2D eigenvalue weighted by Gasteiger charge is 2.72. The predicted octanol–water partition coefficient (Wildman–Crippen LogP) is -2.93. The molecule has 10 nitrogen and oxygen atoms in total. The number of rotatable bonds is 9. The maximum atomic E-state index is 11.9. The Kier molecular flexibility index (Phi) is 6.65. The molecule has 0 heterocycles. The van der Waals surface area contributed by atoms with Crippen LogP contribution in [0.4, 0.5) is 0 Å². The van der Waals surface area contributed by atoms with Gasteiger partial charge in [0.2, 0.25) is 11.2 Å². The average molecular weight is 348 g/mol. The van der Waals surface area contributed by atoms with Crippen molar-refractivity contribution in [2.75, 3.05) is 6.61 Å². The van der Waals surface area contributed by atoms with Crippen molar-refractivity contribution in [1.82, 2.24) is 0 Å². The van der Waals surface area contributed by atoms with Gasteiger partial charge < -0.3 is 25.2 Å². The van der Waals surface area contributed by atoms with Crippen LogP contribution in [0.5, 0.6) is 0 Å². The number of hydrogen-bond donors (Lipinski definition) is 4. The number of aldehydes is 1. The Morgan fingerprint density at radius 2 is 1.42 bits per heavy atom. The van der Waals surface area contributed by atoms with Crippen LogP contribution in [0.25, 0.3) is 0 Å². The van der Waals surface area contributed by atoms with E-state index < -0.39 is 59.1 Å². The molecule has 0 saturated carbocycles. The highest BCUT2D eigenvalue weighted by atomic mass is 16.5. The molecule has 136 valence electrons. The summed E-state index contributed by atoms with van der Waals surface area (Å²) in [6.07, 6.45) is -2.96. The van der Waals surface area contributed by atoms with E-state index in [1.54, 1.807) is 0 Å². The minimum atomic E-state index is -3.72. The van der Waals surface area contributed by atoms with E-state index in [-0.39, 0.29) is 0 Å². The van der Waals surface area contributed by atoms with Crippen LogP contribution in [0, 0.1) is 0 Å². The zero-order valence-electron chi connectivity index (χ0n) is 13.6. The first-order valence-corrected chi connectivity index (χ1v) is 6.71. The average Bonchev–Trinajstić information content (AvgIpc) is 2.48. The summed E-state index contributed by atoms with van der Waals surface area (Å²) in [5.41, 5.74) is -10.8. The van der Waals surface area contributed by atoms with Crippen LogP contribution >= 0.6 is 0 Å². The van der Waals surface area contributed by atoms with E-state index in [0.29, 0.717) is 20.8 Å². The first kappa shape index (κ1) is 22.0. The largest absolute Gasteiger partial charge is 0.463 e. The van der Waals surface area contributed by atoms with Crippen molar-refractivity contribution < 1.29 is 49.1 Å². The topological polar surface area (TPSA) is 176 Å². The fraction of sp³-hybridized carbons (Fsp3) is 0.643. The summed E-state index contributed by atoms with van der Waals surface area (Å²) >= 11 is 0. The molecule has 10 heteroatoms. The number of esters is 1. The molecule has 0 rings (SSSR count). The molecule has 0 radical (unpaired) electrons. The maximum Gasteiger partial charge on any atom is 0.302 e. The van der Waals surface area contributed by atoms with Gasteiger partial charge in [0.05, 0.1) is 0 Å². The van der Waals surface area contributed by atoms with Crippen molar-refractivity contribution in [2.45, 2.75) is 50.6 Å². The maximum absolute atomic E-state index is 11.9. The van der Waals surface area contributed by atoms with E-state index in [1.807, 2.05) is 0 Å². The van der Waals surface area contributed by atoms with Crippen molar-refractivity contribution in [2.24, 2.45) is 0 Å². The van der Waals surface area contributed by atoms with Crippen LogP contribution in [-0.4, -0.2) is 79.5 Å². The summed E-state index contributed by atoms with van der Waals surface area (Å²) in [4.78, 5) is 57.4. The molecule has 4 N–H and O–H groups in total. The van der Waals surface area contributed by atoms with Crippen LogP contribution in [0.3, 0.4) is 0 Å². The highest BCUT2D eigenvalue weighted by Crippen LogP contribution is 2.37. The molecule has 0 aliphatic rings. The van der Waals surface area contributed by atoms with Gasteiger partial charge in [-0.3, -0.25) is 24.0 Å². The van der Waals surface area contributed by atoms with Crippen molar-refractivity contribution >= 4 is 29.6 Å². The quantitative estimate of drug-likeness (QED) is 0.192. The van der Waals surface area contributed by atoms with E-state index >= 15 is 0 Å². The van der Waals surface area contributed by atoms with Gasteiger partial charge in [0.25, 0.3) is 0 Å². The lowest BCUT2D eigenvalue weighted by Gasteiger charge is -2.47. The minimum absolute atomic E-state index is 0.525. The van der Waals surface area contributed by atoms with Crippen LogP contribution in [0.1, 0.15) is 27.7 Å². The summed E-state index contributed by atoms with van der Waals surface area (Å²) in [7, 11) is 0. The van der Waals surface area contributed by atoms with Gasteiger partial charge in [0.15, 0.2) is 29.2 Å². The predicted molar refractivity (Wildman–Crippen MR) is 75.6 cm³/mol. The number of Topliss-reactive ketones (excluding diaryl/α,β-unsaturated/α-hetero) is 3. The van der Waals surface area contributed by atoms with Gasteiger partial charge in [-0.15, -0.1) is 0 Å². The Hall–Kier alpha value is -2.01. The van der Waals surface area contributed by atoms with E-state index in [1.165, 1.54) is 0 Å². The lowest BCUT2D eigenvalue weighted by molar-refractivity contribution is -0.244. The molecular weight excluding hydrogens is 328 g/mol. The van der Waals surface area contributed by atoms with Gasteiger partial charge in [-0.25, -0.2) is 0 Å². The van der Waals surface area contributed by atoms with Gasteiger partial charge in [-0.05, 0) is 20.8 Å². The molecule has 24 heavy (non-hydrogen) atoms. The zero-order chi connectivity index (χ0) is 19.5. The molecular formula is C14H20O10. The SMILES string of the molecule is CC(=O)OC[C@@H](O)[C@@](O)(C(C)=O)[C@@](O)(C(C)=O)[C@@](O)(C=O)C(C)=O. The van der Waals surface area contributed by atoms with E-state index in [4.69, 9.17) is 0 Å². The standard InChI is InChI=1S/C14H20O10/c1-7(16)12(21,6-15)14(23,9(3)18)13(22,8(2)17)11(20)5-24-10(4)19/h6,11,20-23H,5H2,1-4H3/t11-,12-,13+,14-/m1/s1. The number of aliphatic hydroxyl groups is 4. The first-order valence-electron chi connectivity index (χ1n) is 6.71. The summed E-state index contributed by atoms with van der Waals surface area (Å²) in [6, 6.07) is 0. The van der Waals surface area contributed by atoms with Crippen LogP contribution in [0.15, 0.2) is 0 Å². The Morgan fingerprint density at radius 1 is 0.958 bits per heavy atom. The number of hydrogen-bond acceptors (Lipinski definition) is 10. The third-order valence-electron chi connectivity index (χ3n) is 3.78. The molecule has 0 aromatic rings. The number of ether oxygens (including phenoxy) is 1. The van der Waals surface area contributed by atoms with Crippen LogP contribution < -0.4 is 0 Å². The lowest BCUT2D eigenvalue weighted by atomic mass is 9.63. The molecule has 0 unspecified atom stereocenters. The van der Waals surface area contributed by atoms with Gasteiger partial charge in [0, 0.05) is 6.92 Å². The van der Waals surface area contributed by atoms with Gasteiger partial charge in [-0.2, -0.15) is 0 Å². The highest BCUT2D eigenvalue weighted by molar-refractivity contribution is 6.12. The third-order valence-corrected chi connectivity index (χ3v) is 3.78. The molecule has 0 amide bonds. The van der Waals surface area contributed by atoms with E-state index in [2.05, 4.69) is 4.74 Å².